The van der Waals surface area contributed by atoms with Gasteiger partial charge in [0.2, 0.25) is 0 Å². The molecule has 2 aromatic rings. The quantitative estimate of drug-likeness (QED) is 0.187. The maximum absolute atomic E-state index is 14.4. The molecule has 0 atom stereocenters. The smallest absolute Gasteiger partial charge is 0.165 e. The van der Waals surface area contributed by atoms with Crippen LogP contribution >= 0.6 is 0 Å². The predicted molar refractivity (Wildman–Crippen MR) is 125 cm³/mol. The van der Waals surface area contributed by atoms with Crippen LogP contribution in [0.2, 0.25) is 0 Å². The summed E-state index contributed by atoms with van der Waals surface area (Å²) in [6.07, 6.45) is 3.52. The van der Waals surface area contributed by atoms with Crippen molar-refractivity contribution in [3.63, 3.8) is 0 Å². The molecule has 1 N–H and O–H groups in total. The van der Waals surface area contributed by atoms with Crippen LogP contribution in [-0.2, 0) is 4.74 Å². The van der Waals surface area contributed by atoms with Crippen molar-refractivity contribution in [1.29, 1.82) is 0 Å². The molecule has 7 nitrogen and oxygen atoms in total. The fourth-order valence-corrected chi connectivity index (χ4v) is 3.58. The number of hydrogen-bond donors (Lipinski definition) is 1. The van der Waals surface area contributed by atoms with Crippen LogP contribution < -0.4 is 14.2 Å². The zero-order chi connectivity index (χ0) is 23.6. The van der Waals surface area contributed by atoms with Crippen molar-refractivity contribution >= 4 is 12.0 Å². The molecule has 3 rings (SSSR count). The van der Waals surface area contributed by atoms with E-state index in [4.69, 9.17) is 24.2 Å². The first-order valence-corrected chi connectivity index (χ1v) is 11.0. The molecule has 0 spiro atoms. The van der Waals surface area contributed by atoms with Gasteiger partial charge in [0.25, 0.3) is 0 Å². The molecule has 1 aliphatic heterocycles. The molecule has 1 heterocycles. The maximum atomic E-state index is 14.4. The molecular weight excluding hydrogens is 427 g/mol. The zero-order valence-electron chi connectivity index (χ0n) is 19.3. The van der Waals surface area contributed by atoms with E-state index in [1.807, 2.05) is 13.0 Å². The molecule has 0 aromatic heterocycles. The van der Waals surface area contributed by atoms with Crippen LogP contribution in [0.25, 0.3) is 5.76 Å². The molecule has 1 saturated heterocycles. The predicted octanol–water partition coefficient (Wildman–Crippen LogP) is 4.43. The fourth-order valence-electron chi connectivity index (χ4n) is 3.58. The Labute approximate surface area is 194 Å². The molecule has 33 heavy (non-hydrogen) atoms. The molecule has 1 fully saturated rings. The number of ether oxygens (including phenoxy) is 4. The topological polar surface area (TPSA) is 72.8 Å². The van der Waals surface area contributed by atoms with Gasteiger partial charge in [-0.2, -0.15) is 0 Å². The number of oxime groups is 1. The SMILES string of the molecule is COc1cc(/C(=C\C=N\O)Oc2ccc(C)cc2F)c(C)cc1OCCCN1CCOCC1. The first-order valence-electron chi connectivity index (χ1n) is 11.0. The zero-order valence-corrected chi connectivity index (χ0v) is 19.3. The van der Waals surface area contributed by atoms with Crippen LogP contribution in [0.3, 0.4) is 0 Å². The molecule has 2 aromatic carbocycles. The maximum Gasteiger partial charge on any atom is 0.165 e. The summed E-state index contributed by atoms with van der Waals surface area (Å²) in [6, 6.07) is 8.36. The summed E-state index contributed by atoms with van der Waals surface area (Å²) in [6.45, 7) is 8.66. The van der Waals surface area contributed by atoms with Gasteiger partial charge in [-0.15, -0.1) is 0 Å². The van der Waals surface area contributed by atoms with E-state index in [-0.39, 0.29) is 5.75 Å². The molecule has 0 aliphatic carbocycles. The van der Waals surface area contributed by atoms with Crippen molar-refractivity contribution in [2.75, 3.05) is 46.6 Å². The van der Waals surface area contributed by atoms with Gasteiger partial charge < -0.3 is 24.2 Å². The average Bonchev–Trinajstić information content (AvgIpc) is 2.82. The fraction of sp³-hybridized carbons (Fsp3) is 0.400. The highest BCUT2D eigenvalue weighted by Crippen LogP contribution is 2.35. The number of rotatable bonds is 10. The number of nitrogens with zero attached hydrogens (tertiary/aromatic N) is 2. The number of allylic oxidation sites excluding steroid dienone is 1. The summed E-state index contributed by atoms with van der Waals surface area (Å²) in [5, 5.41) is 11.9. The number of methoxy groups -OCH3 is 1. The molecule has 0 radical (unpaired) electrons. The van der Waals surface area contributed by atoms with Gasteiger partial charge in [-0.1, -0.05) is 11.2 Å². The van der Waals surface area contributed by atoms with Crippen molar-refractivity contribution < 1.29 is 28.5 Å². The van der Waals surface area contributed by atoms with Gasteiger partial charge in [-0.3, -0.25) is 4.90 Å². The molecule has 1 aliphatic rings. The second kappa shape index (κ2) is 12.2. The minimum absolute atomic E-state index is 0.0694. The lowest BCUT2D eigenvalue weighted by atomic mass is 10.1. The first-order chi connectivity index (χ1) is 16.0. The lowest BCUT2D eigenvalue weighted by Gasteiger charge is -2.26. The number of hydrogen-bond acceptors (Lipinski definition) is 7. The van der Waals surface area contributed by atoms with E-state index in [0.717, 1.165) is 50.4 Å². The van der Waals surface area contributed by atoms with Gasteiger partial charge in [-0.05, 0) is 55.7 Å². The highest BCUT2D eigenvalue weighted by molar-refractivity contribution is 5.83. The normalized spacial score (nSPS) is 15.1. The van der Waals surface area contributed by atoms with Gasteiger partial charge >= 0.3 is 0 Å². The monoisotopic (exact) mass is 458 g/mol. The molecule has 0 bridgehead atoms. The molecule has 0 amide bonds. The van der Waals surface area contributed by atoms with Crippen molar-refractivity contribution in [2.24, 2.45) is 5.16 Å². The number of benzene rings is 2. The Morgan fingerprint density at radius 2 is 1.94 bits per heavy atom. The van der Waals surface area contributed by atoms with Gasteiger partial charge in [0.05, 0.1) is 33.1 Å². The number of morpholine rings is 1. The summed E-state index contributed by atoms with van der Waals surface area (Å²) in [7, 11) is 1.56. The molecule has 0 saturated carbocycles. The van der Waals surface area contributed by atoms with Crippen LogP contribution in [0.15, 0.2) is 41.6 Å². The van der Waals surface area contributed by atoms with Crippen molar-refractivity contribution in [2.45, 2.75) is 20.3 Å². The Morgan fingerprint density at radius 3 is 2.64 bits per heavy atom. The molecule has 0 unspecified atom stereocenters. The van der Waals surface area contributed by atoms with E-state index in [1.54, 1.807) is 32.2 Å². The average molecular weight is 459 g/mol. The second-order valence-corrected chi connectivity index (χ2v) is 7.81. The third-order valence-corrected chi connectivity index (χ3v) is 5.36. The van der Waals surface area contributed by atoms with Crippen LogP contribution in [0.5, 0.6) is 17.2 Å². The van der Waals surface area contributed by atoms with Gasteiger partial charge in [-0.25, -0.2) is 4.39 Å². The number of aryl methyl sites for hydroxylation is 2. The van der Waals surface area contributed by atoms with Crippen molar-refractivity contribution in [3.8, 4) is 17.2 Å². The van der Waals surface area contributed by atoms with Crippen molar-refractivity contribution in [1.82, 2.24) is 4.90 Å². The Hall–Kier alpha value is -3.10. The molecule has 8 heteroatoms. The lowest BCUT2D eigenvalue weighted by Crippen LogP contribution is -2.37. The van der Waals surface area contributed by atoms with E-state index in [0.29, 0.717) is 29.4 Å². The summed E-state index contributed by atoms with van der Waals surface area (Å²) in [4.78, 5) is 2.36. The van der Waals surface area contributed by atoms with Gasteiger partial charge in [0.1, 0.15) is 5.76 Å². The highest BCUT2D eigenvalue weighted by Gasteiger charge is 2.16. The van der Waals surface area contributed by atoms with Crippen LogP contribution in [0.1, 0.15) is 23.1 Å². The third-order valence-electron chi connectivity index (χ3n) is 5.36. The van der Waals surface area contributed by atoms with Crippen LogP contribution in [-0.4, -0.2) is 62.9 Å². The standard InChI is InChI=1S/C25H31FN2O5/c1-18-5-6-23(21(26)15-18)33-22(7-8-27-29)20-17-24(30-3)25(16-19(20)2)32-12-4-9-28-10-13-31-14-11-28/h5-8,15-17,29H,4,9-14H2,1-3H3/b22-7+,27-8+. The lowest BCUT2D eigenvalue weighted by molar-refractivity contribution is 0.0357. The minimum Gasteiger partial charge on any atom is -0.493 e. The second-order valence-electron chi connectivity index (χ2n) is 7.81. The first kappa shape index (κ1) is 24.5. The summed E-state index contributed by atoms with van der Waals surface area (Å²) < 4.78 is 37.1. The largest absolute Gasteiger partial charge is 0.493 e. The molecular formula is C25H31FN2O5. The Kier molecular flexibility index (Phi) is 9.09. The van der Waals surface area contributed by atoms with Gasteiger partial charge in [0.15, 0.2) is 23.1 Å². The third kappa shape index (κ3) is 6.94. The van der Waals surface area contributed by atoms with Crippen LogP contribution in [0.4, 0.5) is 4.39 Å². The Morgan fingerprint density at radius 1 is 1.15 bits per heavy atom. The van der Waals surface area contributed by atoms with E-state index in [9.17, 15) is 4.39 Å². The molecule has 178 valence electrons. The summed E-state index contributed by atoms with van der Waals surface area (Å²) >= 11 is 0. The summed E-state index contributed by atoms with van der Waals surface area (Å²) in [5.74, 6) is 1.05. The van der Waals surface area contributed by atoms with Crippen molar-refractivity contribution in [3.05, 3.63) is 58.9 Å². The van der Waals surface area contributed by atoms with Crippen LogP contribution in [0, 0.1) is 19.7 Å². The minimum atomic E-state index is -0.480. The van der Waals surface area contributed by atoms with E-state index in [1.165, 1.54) is 18.4 Å². The highest BCUT2D eigenvalue weighted by atomic mass is 19.1. The number of halogens is 1. The van der Waals surface area contributed by atoms with Gasteiger partial charge in [0, 0.05) is 31.3 Å². The van der Waals surface area contributed by atoms with E-state index in [2.05, 4.69) is 10.1 Å². The Balaban J connectivity index is 1.75. The van der Waals surface area contributed by atoms with E-state index >= 15 is 0 Å². The van der Waals surface area contributed by atoms with E-state index < -0.39 is 5.82 Å². The Bertz CT molecular complexity index is 987. The summed E-state index contributed by atoms with van der Waals surface area (Å²) in [5.41, 5.74) is 2.28.